The van der Waals surface area contributed by atoms with E-state index < -0.39 is 36.5 Å². The predicted molar refractivity (Wildman–Crippen MR) is 90.6 cm³/mol. The monoisotopic (exact) mass is 366 g/mol. The Hall–Kier alpha value is -2.37. The summed E-state index contributed by atoms with van der Waals surface area (Å²) in [5, 5.41) is 33.0. The fourth-order valence-electron chi connectivity index (χ4n) is 3.02. The standard InChI is InChI=1S/C15H22N6O5/c1-2-3-4-17-8(22)5-7-10(23)11(24)14(26-7)21-6-18-9-12(21)19-15(16)20-13(9)25/h6-7,9-11,14,23-24H,2-5H2,1H3,(H,17,22)(H2,16,20,25)/t7-,9?,10-,11-,14-/m1/s1. The minimum Gasteiger partial charge on any atom is -0.388 e. The van der Waals surface area contributed by atoms with Gasteiger partial charge in [0.25, 0.3) is 5.91 Å². The minimum absolute atomic E-state index is 0.102. The van der Waals surface area contributed by atoms with E-state index in [0.717, 1.165) is 12.8 Å². The minimum atomic E-state index is -1.32. The third-order valence-corrected chi connectivity index (χ3v) is 4.42. The Balaban J connectivity index is 1.66. The summed E-state index contributed by atoms with van der Waals surface area (Å²) in [5.74, 6) is -0.974. The molecule has 0 bridgehead atoms. The third kappa shape index (κ3) is 3.45. The van der Waals surface area contributed by atoms with Crippen molar-refractivity contribution in [1.82, 2.24) is 15.5 Å². The number of aliphatic imine (C=N–C) groups is 2. The van der Waals surface area contributed by atoms with Gasteiger partial charge in [-0.3, -0.25) is 30.2 Å². The predicted octanol–water partition coefficient (Wildman–Crippen LogP) is -2.08. The van der Waals surface area contributed by atoms with Gasteiger partial charge in [0.2, 0.25) is 11.9 Å². The maximum atomic E-state index is 11.9. The molecule has 1 unspecified atom stereocenters. The summed E-state index contributed by atoms with van der Waals surface area (Å²) in [4.78, 5) is 33.0. The van der Waals surface area contributed by atoms with E-state index in [4.69, 9.17) is 10.1 Å². The molecule has 0 spiro atoms. The lowest BCUT2D eigenvalue weighted by Crippen LogP contribution is -2.53. The van der Waals surface area contributed by atoms with Gasteiger partial charge in [-0.05, 0) is 6.42 Å². The molecular weight excluding hydrogens is 344 g/mol. The average Bonchev–Trinajstić information content (AvgIpc) is 3.11. The molecule has 2 amide bonds. The van der Waals surface area contributed by atoms with E-state index in [1.165, 1.54) is 11.2 Å². The van der Waals surface area contributed by atoms with Crippen molar-refractivity contribution in [3.8, 4) is 0 Å². The number of carbonyl (C=O) groups excluding carboxylic acids is 2. The second-order valence-electron chi connectivity index (χ2n) is 6.34. The summed E-state index contributed by atoms with van der Waals surface area (Å²) in [6.07, 6.45) is -1.57. The number of nitrogens with zero attached hydrogens (tertiary/aromatic N) is 3. The van der Waals surface area contributed by atoms with Crippen molar-refractivity contribution in [1.29, 1.82) is 5.41 Å². The van der Waals surface area contributed by atoms with Crippen molar-refractivity contribution in [2.75, 3.05) is 6.54 Å². The van der Waals surface area contributed by atoms with Crippen LogP contribution in [0.4, 0.5) is 0 Å². The first-order chi connectivity index (χ1) is 12.4. The number of aliphatic hydroxyl groups is 2. The molecule has 1 fully saturated rings. The van der Waals surface area contributed by atoms with Crippen molar-refractivity contribution in [3.63, 3.8) is 0 Å². The number of amidine groups is 1. The Kier molecular flexibility index (Phi) is 5.30. The van der Waals surface area contributed by atoms with Gasteiger partial charge in [-0.1, -0.05) is 13.3 Å². The van der Waals surface area contributed by atoms with Gasteiger partial charge in [-0.2, -0.15) is 4.99 Å². The quantitative estimate of drug-likeness (QED) is 0.339. The zero-order valence-corrected chi connectivity index (χ0v) is 14.3. The van der Waals surface area contributed by atoms with Gasteiger partial charge in [-0.25, -0.2) is 0 Å². The summed E-state index contributed by atoms with van der Waals surface area (Å²) < 4.78 is 5.66. The van der Waals surface area contributed by atoms with E-state index >= 15 is 0 Å². The molecule has 26 heavy (non-hydrogen) atoms. The lowest BCUT2D eigenvalue weighted by atomic mass is 10.1. The normalized spacial score (nSPS) is 33.1. The van der Waals surface area contributed by atoms with Crippen LogP contribution >= 0.6 is 0 Å². The van der Waals surface area contributed by atoms with Crippen LogP contribution in [0.1, 0.15) is 26.2 Å². The van der Waals surface area contributed by atoms with E-state index in [9.17, 15) is 19.8 Å². The maximum Gasteiger partial charge on any atom is 0.259 e. The number of amides is 2. The van der Waals surface area contributed by atoms with Gasteiger partial charge in [0.15, 0.2) is 18.1 Å². The molecule has 0 aromatic carbocycles. The van der Waals surface area contributed by atoms with Crippen LogP contribution in [0.3, 0.4) is 0 Å². The van der Waals surface area contributed by atoms with Crippen molar-refractivity contribution in [2.24, 2.45) is 9.98 Å². The zero-order valence-electron chi connectivity index (χ0n) is 14.3. The third-order valence-electron chi connectivity index (χ3n) is 4.42. The Morgan fingerprint density at radius 3 is 2.96 bits per heavy atom. The molecule has 142 valence electrons. The van der Waals surface area contributed by atoms with Crippen LogP contribution < -0.4 is 10.6 Å². The Morgan fingerprint density at radius 1 is 1.46 bits per heavy atom. The van der Waals surface area contributed by atoms with Crippen LogP contribution in [-0.2, 0) is 14.3 Å². The van der Waals surface area contributed by atoms with E-state index in [-0.39, 0.29) is 24.1 Å². The number of rotatable bonds is 6. The number of carbonyl (C=O) groups is 2. The number of hydrogen-bond acceptors (Lipinski definition) is 8. The summed E-state index contributed by atoms with van der Waals surface area (Å²) in [7, 11) is 0. The molecule has 3 aliphatic heterocycles. The van der Waals surface area contributed by atoms with Crippen molar-refractivity contribution >= 4 is 29.9 Å². The zero-order chi connectivity index (χ0) is 18.8. The average molecular weight is 366 g/mol. The molecule has 0 aromatic rings. The molecule has 11 heteroatoms. The number of aliphatic hydroxyl groups excluding tert-OH is 2. The second kappa shape index (κ2) is 7.48. The number of guanidine groups is 1. The molecule has 0 aliphatic carbocycles. The molecular formula is C15H22N6O5. The van der Waals surface area contributed by atoms with Gasteiger partial charge in [0.1, 0.15) is 12.2 Å². The number of nitrogens with one attached hydrogen (secondary N) is 3. The van der Waals surface area contributed by atoms with Crippen molar-refractivity contribution < 1.29 is 24.5 Å². The van der Waals surface area contributed by atoms with Crippen LogP contribution in [0.2, 0.25) is 0 Å². The highest BCUT2D eigenvalue weighted by Crippen LogP contribution is 2.28. The Bertz CT molecular complexity index is 665. The number of hydrogen-bond donors (Lipinski definition) is 5. The highest BCUT2D eigenvalue weighted by atomic mass is 16.6. The fourth-order valence-corrected chi connectivity index (χ4v) is 3.02. The smallest absolute Gasteiger partial charge is 0.259 e. The molecule has 3 rings (SSSR count). The maximum absolute atomic E-state index is 11.9. The SMILES string of the molecule is CCCCNC(=O)C[C@H]1O[C@@H](N2C=NC3C(=O)NC(=N)N=C32)[C@H](O)[C@@H]1O. The summed E-state index contributed by atoms with van der Waals surface area (Å²) in [6, 6.07) is -0.923. The van der Waals surface area contributed by atoms with Crippen molar-refractivity contribution in [2.45, 2.75) is 56.8 Å². The molecule has 0 aromatic heterocycles. The number of fused-ring (bicyclic) bond motifs is 1. The van der Waals surface area contributed by atoms with Gasteiger partial charge in [-0.15, -0.1) is 0 Å². The first-order valence-corrected chi connectivity index (χ1v) is 8.50. The molecule has 5 N–H and O–H groups in total. The lowest BCUT2D eigenvalue weighted by Gasteiger charge is -2.28. The van der Waals surface area contributed by atoms with Crippen LogP contribution in [0.5, 0.6) is 0 Å². The molecule has 1 saturated heterocycles. The van der Waals surface area contributed by atoms with Gasteiger partial charge >= 0.3 is 0 Å². The fraction of sp³-hybridized carbons (Fsp3) is 0.667. The van der Waals surface area contributed by atoms with Gasteiger partial charge < -0.3 is 20.3 Å². The van der Waals surface area contributed by atoms with Gasteiger partial charge in [0, 0.05) is 6.54 Å². The van der Waals surface area contributed by atoms with E-state index in [1.54, 1.807) is 0 Å². The van der Waals surface area contributed by atoms with Crippen LogP contribution in [0, 0.1) is 5.41 Å². The molecule has 0 saturated carbocycles. The molecule has 3 heterocycles. The summed E-state index contributed by atoms with van der Waals surface area (Å²) in [5.41, 5.74) is 0. The molecule has 0 radical (unpaired) electrons. The molecule has 3 aliphatic rings. The summed E-state index contributed by atoms with van der Waals surface area (Å²) in [6.45, 7) is 2.55. The van der Waals surface area contributed by atoms with E-state index in [2.05, 4.69) is 20.6 Å². The van der Waals surface area contributed by atoms with Gasteiger partial charge in [0.05, 0.1) is 18.9 Å². The summed E-state index contributed by atoms with van der Waals surface area (Å²) >= 11 is 0. The first-order valence-electron chi connectivity index (χ1n) is 8.50. The number of ether oxygens (including phenoxy) is 1. The Labute approximate surface area is 149 Å². The van der Waals surface area contributed by atoms with Crippen LogP contribution in [0.25, 0.3) is 0 Å². The number of unbranched alkanes of at least 4 members (excludes halogenated alkanes) is 1. The van der Waals surface area contributed by atoms with Crippen molar-refractivity contribution in [3.05, 3.63) is 0 Å². The lowest BCUT2D eigenvalue weighted by molar-refractivity contribution is -0.125. The highest BCUT2D eigenvalue weighted by molar-refractivity contribution is 6.23. The van der Waals surface area contributed by atoms with E-state index in [1.807, 2.05) is 6.92 Å². The Morgan fingerprint density at radius 2 is 2.23 bits per heavy atom. The second-order valence-corrected chi connectivity index (χ2v) is 6.34. The topological polar surface area (TPSA) is 160 Å². The first kappa shape index (κ1) is 18.4. The molecule has 11 nitrogen and oxygen atoms in total. The highest BCUT2D eigenvalue weighted by Gasteiger charge is 2.50. The van der Waals surface area contributed by atoms with E-state index in [0.29, 0.717) is 6.54 Å². The molecule has 5 atom stereocenters. The largest absolute Gasteiger partial charge is 0.388 e. The van der Waals surface area contributed by atoms with Crippen LogP contribution in [0.15, 0.2) is 9.98 Å². The van der Waals surface area contributed by atoms with Crippen LogP contribution in [-0.4, -0.2) is 82.2 Å².